The Morgan fingerprint density at radius 2 is 1.86 bits per heavy atom. The Hall–Kier alpha value is -1.46. The van der Waals surface area contributed by atoms with Gasteiger partial charge in [-0.3, -0.25) is 0 Å². The minimum absolute atomic E-state index is 0.0653. The van der Waals surface area contributed by atoms with Crippen molar-refractivity contribution in [2.45, 2.75) is 18.9 Å². The molecule has 0 heterocycles. The minimum Gasteiger partial charge on any atom is -0.487 e. The first-order valence-electron chi connectivity index (χ1n) is 6.51. The summed E-state index contributed by atoms with van der Waals surface area (Å²) < 4.78 is 34.3. The highest BCUT2D eigenvalue weighted by atomic mass is 79.9. The Morgan fingerprint density at radius 1 is 1.19 bits per heavy atom. The van der Waals surface area contributed by atoms with Gasteiger partial charge < -0.3 is 10.5 Å². The highest BCUT2D eigenvalue weighted by Crippen LogP contribution is 2.32. The lowest BCUT2D eigenvalue weighted by Gasteiger charge is -2.20. The van der Waals surface area contributed by atoms with E-state index < -0.39 is 12.5 Å². The van der Waals surface area contributed by atoms with E-state index in [4.69, 9.17) is 10.5 Å². The summed E-state index contributed by atoms with van der Waals surface area (Å²) in [5.74, 6) is -2.67. The molecule has 21 heavy (non-hydrogen) atoms. The van der Waals surface area contributed by atoms with E-state index in [1.54, 1.807) is 43.3 Å². The maximum atomic E-state index is 14.1. The molecule has 0 amide bonds. The number of halogens is 3. The first-order chi connectivity index (χ1) is 9.90. The zero-order valence-corrected chi connectivity index (χ0v) is 13.1. The number of hydrogen-bond acceptors (Lipinski definition) is 2. The highest BCUT2D eigenvalue weighted by molar-refractivity contribution is 9.10. The summed E-state index contributed by atoms with van der Waals surface area (Å²) in [4.78, 5) is 0. The molecule has 0 aliphatic carbocycles. The number of rotatable bonds is 5. The molecule has 0 aromatic heterocycles. The van der Waals surface area contributed by atoms with Gasteiger partial charge in [0.2, 0.25) is 0 Å². The molecule has 0 spiro atoms. The summed E-state index contributed by atoms with van der Waals surface area (Å²) in [5, 5.41) is 0. The molecule has 0 fully saturated rings. The topological polar surface area (TPSA) is 35.2 Å². The zero-order valence-electron chi connectivity index (χ0n) is 11.5. The van der Waals surface area contributed by atoms with Gasteiger partial charge in [0.1, 0.15) is 5.75 Å². The van der Waals surface area contributed by atoms with Crippen LogP contribution in [-0.4, -0.2) is 6.61 Å². The standard InChI is InChI=1S/C16H16BrF2NO/c1-11(20)14-9-13(17)7-8-15(14)21-10-16(18,19)12-5-3-2-4-6-12/h2-9,11H,10,20H2,1H3/t11-/m1/s1. The van der Waals surface area contributed by atoms with Crippen LogP contribution in [0.15, 0.2) is 53.0 Å². The fourth-order valence-corrected chi connectivity index (χ4v) is 2.32. The van der Waals surface area contributed by atoms with E-state index in [2.05, 4.69) is 15.9 Å². The minimum atomic E-state index is -3.05. The quantitative estimate of drug-likeness (QED) is 0.847. The Balaban J connectivity index is 2.16. The zero-order chi connectivity index (χ0) is 15.5. The molecule has 2 nitrogen and oxygen atoms in total. The van der Waals surface area contributed by atoms with E-state index in [9.17, 15) is 8.78 Å². The van der Waals surface area contributed by atoms with Gasteiger partial charge >= 0.3 is 5.92 Å². The van der Waals surface area contributed by atoms with Crippen LogP contribution in [0.2, 0.25) is 0 Å². The molecular weight excluding hydrogens is 340 g/mol. The summed E-state index contributed by atoms with van der Waals surface area (Å²) in [6, 6.07) is 12.5. The van der Waals surface area contributed by atoms with Crippen LogP contribution in [0.4, 0.5) is 8.78 Å². The predicted octanol–water partition coefficient (Wildman–Crippen LogP) is 4.64. The van der Waals surface area contributed by atoms with Crippen LogP contribution in [0.5, 0.6) is 5.75 Å². The molecule has 0 radical (unpaired) electrons. The first-order valence-corrected chi connectivity index (χ1v) is 7.30. The van der Waals surface area contributed by atoms with Gasteiger partial charge in [0.25, 0.3) is 0 Å². The van der Waals surface area contributed by atoms with Crippen molar-refractivity contribution < 1.29 is 13.5 Å². The molecule has 2 aromatic carbocycles. The number of benzene rings is 2. The summed E-state index contributed by atoms with van der Waals surface area (Å²) in [7, 11) is 0. The highest BCUT2D eigenvalue weighted by Gasteiger charge is 2.32. The second-order valence-electron chi connectivity index (χ2n) is 4.83. The average molecular weight is 356 g/mol. The molecule has 5 heteroatoms. The van der Waals surface area contributed by atoms with Crippen molar-refractivity contribution in [1.82, 2.24) is 0 Å². The predicted molar refractivity (Wildman–Crippen MR) is 82.6 cm³/mol. The van der Waals surface area contributed by atoms with Gasteiger partial charge in [0.05, 0.1) is 0 Å². The maximum absolute atomic E-state index is 14.1. The van der Waals surface area contributed by atoms with Gasteiger partial charge in [0.15, 0.2) is 6.61 Å². The number of nitrogens with two attached hydrogens (primary N) is 1. The van der Waals surface area contributed by atoms with Crippen LogP contribution in [0.25, 0.3) is 0 Å². The van der Waals surface area contributed by atoms with E-state index >= 15 is 0 Å². The molecule has 112 valence electrons. The molecule has 0 bridgehead atoms. The van der Waals surface area contributed by atoms with Gasteiger partial charge in [-0.1, -0.05) is 46.3 Å². The van der Waals surface area contributed by atoms with Crippen LogP contribution in [0, 0.1) is 0 Å². The third kappa shape index (κ3) is 4.02. The third-order valence-corrected chi connectivity index (χ3v) is 3.56. The lowest BCUT2D eigenvalue weighted by molar-refractivity contribution is -0.0470. The molecule has 0 saturated heterocycles. The van der Waals surface area contributed by atoms with Crippen LogP contribution in [0.1, 0.15) is 24.1 Å². The monoisotopic (exact) mass is 355 g/mol. The van der Waals surface area contributed by atoms with Crippen LogP contribution in [-0.2, 0) is 5.92 Å². The van der Waals surface area contributed by atoms with Crippen molar-refractivity contribution in [2.75, 3.05) is 6.61 Å². The summed E-state index contributed by atoms with van der Waals surface area (Å²) in [6.07, 6.45) is 0. The summed E-state index contributed by atoms with van der Waals surface area (Å²) >= 11 is 3.33. The van der Waals surface area contributed by atoms with E-state index in [1.165, 1.54) is 12.1 Å². The SMILES string of the molecule is C[C@@H](N)c1cc(Br)ccc1OCC(F)(F)c1ccccc1. The summed E-state index contributed by atoms with van der Waals surface area (Å²) in [6.45, 7) is 1.06. The Kier molecular flexibility index (Phi) is 4.96. The fraction of sp³-hybridized carbons (Fsp3) is 0.250. The van der Waals surface area contributed by atoms with Crippen molar-refractivity contribution in [3.8, 4) is 5.75 Å². The van der Waals surface area contributed by atoms with Crippen molar-refractivity contribution in [3.05, 3.63) is 64.1 Å². The molecule has 0 aliphatic heterocycles. The normalized spacial score (nSPS) is 13.0. The smallest absolute Gasteiger partial charge is 0.306 e. The van der Waals surface area contributed by atoms with E-state index in [-0.39, 0.29) is 11.6 Å². The van der Waals surface area contributed by atoms with Gasteiger partial charge in [-0.25, -0.2) is 0 Å². The van der Waals surface area contributed by atoms with Crippen molar-refractivity contribution >= 4 is 15.9 Å². The second kappa shape index (κ2) is 6.54. The van der Waals surface area contributed by atoms with Gasteiger partial charge in [-0.05, 0) is 25.1 Å². The van der Waals surface area contributed by atoms with E-state index in [0.717, 1.165) is 4.47 Å². The van der Waals surface area contributed by atoms with Gasteiger partial charge in [-0.2, -0.15) is 8.78 Å². The number of alkyl halides is 2. The second-order valence-corrected chi connectivity index (χ2v) is 5.75. The number of ether oxygens (including phenoxy) is 1. The molecule has 0 aliphatic rings. The molecule has 2 aromatic rings. The van der Waals surface area contributed by atoms with Gasteiger partial charge in [-0.15, -0.1) is 0 Å². The van der Waals surface area contributed by atoms with Crippen LogP contribution in [0.3, 0.4) is 0 Å². The lowest BCUT2D eigenvalue weighted by Crippen LogP contribution is -2.23. The summed E-state index contributed by atoms with van der Waals surface area (Å²) in [5.41, 5.74) is 6.47. The molecule has 2 rings (SSSR count). The molecular formula is C16H16BrF2NO. The Morgan fingerprint density at radius 3 is 2.48 bits per heavy atom. The lowest BCUT2D eigenvalue weighted by atomic mass is 10.1. The largest absolute Gasteiger partial charge is 0.487 e. The van der Waals surface area contributed by atoms with E-state index in [0.29, 0.717) is 11.3 Å². The molecule has 1 atom stereocenters. The Labute approximate surface area is 131 Å². The number of hydrogen-bond donors (Lipinski definition) is 1. The van der Waals surface area contributed by atoms with Crippen molar-refractivity contribution in [3.63, 3.8) is 0 Å². The van der Waals surface area contributed by atoms with E-state index in [1.807, 2.05) is 0 Å². The third-order valence-electron chi connectivity index (χ3n) is 3.07. The molecule has 0 unspecified atom stereocenters. The average Bonchev–Trinajstić information content (AvgIpc) is 2.47. The Bertz CT molecular complexity index is 602. The van der Waals surface area contributed by atoms with Crippen molar-refractivity contribution in [1.29, 1.82) is 0 Å². The molecule has 0 saturated carbocycles. The molecule has 2 N–H and O–H groups in total. The van der Waals surface area contributed by atoms with Crippen LogP contribution < -0.4 is 10.5 Å². The first kappa shape index (κ1) is 15.9. The van der Waals surface area contributed by atoms with Crippen LogP contribution >= 0.6 is 15.9 Å². The fourth-order valence-electron chi connectivity index (χ4n) is 1.94. The van der Waals surface area contributed by atoms with Crippen molar-refractivity contribution in [2.24, 2.45) is 5.73 Å². The maximum Gasteiger partial charge on any atom is 0.306 e. The van der Waals surface area contributed by atoms with Gasteiger partial charge in [0, 0.05) is 21.6 Å².